The Morgan fingerprint density at radius 3 is 2.08 bits per heavy atom. The molecule has 0 bridgehead atoms. The van der Waals surface area contributed by atoms with Crippen LogP contribution >= 0.6 is 0 Å². The van der Waals surface area contributed by atoms with Crippen LogP contribution < -0.4 is 0 Å². The lowest BCUT2D eigenvalue weighted by molar-refractivity contribution is -0.191. The summed E-state index contributed by atoms with van der Waals surface area (Å²) in [7, 11) is 0. The maximum Gasteiger partial charge on any atom is 0.471 e. The molecule has 0 spiro atoms. The first-order valence-corrected chi connectivity index (χ1v) is 8.72. The van der Waals surface area contributed by atoms with Crippen molar-refractivity contribution in [2.45, 2.75) is 83.5 Å². The third-order valence-electron chi connectivity index (χ3n) is 5.89. The first-order chi connectivity index (χ1) is 11.1. The smallest absolute Gasteiger partial charge is 0.471 e. The van der Waals surface area contributed by atoms with Crippen molar-refractivity contribution in [1.29, 1.82) is 0 Å². The van der Waals surface area contributed by atoms with Gasteiger partial charge in [-0.05, 0) is 38.0 Å². The van der Waals surface area contributed by atoms with Crippen molar-refractivity contribution in [2.75, 3.05) is 0 Å². The summed E-state index contributed by atoms with van der Waals surface area (Å²) in [6, 6.07) is -1.06. The monoisotopic (exact) mass is 349 g/mol. The van der Waals surface area contributed by atoms with Gasteiger partial charge in [-0.25, -0.2) is 0 Å². The molecule has 2 aliphatic rings. The summed E-state index contributed by atoms with van der Waals surface area (Å²) in [6.45, 7) is 3.57. The van der Waals surface area contributed by atoms with E-state index in [0.29, 0.717) is 25.7 Å². The van der Waals surface area contributed by atoms with E-state index >= 15 is 0 Å². The Bertz CT molecular complexity index is 486. The maximum absolute atomic E-state index is 13.1. The third-order valence-corrected chi connectivity index (χ3v) is 5.89. The molecule has 0 aromatic heterocycles. The molecular formula is C17H26F3NO3. The van der Waals surface area contributed by atoms with Gasteiger partial charge in [-0.1, -0.05) is 33.1 Å². The number of carboxylic acids is 1. The first-order valence-electron chi connectivity index (χ1n) is 8.72. The van der Waals surface area contributed by atoms with Crippen LogP contribution in [0.15, 0.2) is 0 Å². The zero-order valence-corrected chi connectivity index (χ0v) is 14.2. The van der Waals surface area contributed by atoms with Crippen LogP contribution in [0.25, 0.3) is 0 Å². The van der Waals surface area contributed by atoms with E-state index in [4.69, 9.17) is 0 Å². The molecule has 138 valence electrons. The van der Waals surface area contributed by atoms with Crippen molar-refractivity contribution in [3.8, 4) is 0 Å². The number of nitrogens with zero attached hydrogens (tertiary/aromatic N) is 1. The number of carbonyl (C=O) groups excluding carboxylic acids is 1. The SMILES string of the molecule is CC(C)[C@]1(C(=O)O)CC[C@@H](N(C(=O)C(F)(F)F)C2CCCCC2)C1. The first kappa shape index (κ1) is 19.1. The van der Waals surface area contributed by atoms with Gasteiger partial charge < -0.3 is 10.0 Å². The average molecular weight is 349 g/mol. The second-order valence-electron chi connectivity index (χ2n) is 7.51. The molecule has 0 aromatic carbocycles. The molecule has 1 amide bonds. The molecule has 0 saturated heterocycles. The lowest BCUT2D eigenvalue weighted by Crippen LogP contribution is -2.52. The quantitative estimate of drug-likeness (QED) is 0.835. The predicted octanol–water partition coefficient (Wildman–Crippen LogP) is 3.99. The van der Waals surface area contributed by atoms with Crippen molar-refractivity contribution in [1.82, 2.24) is 4.90 Å². The van der Waals surface area contributed by atoms with Crippen molar-refractivity contribution in [3.05, 3.63) is 0 Å². The molecule has 2 fully saturated rings. The molecule has 0 heterocycles. The predicted molar refractivity (Wildman–Crippen MR) is 82.3 cm³/mol. The number of alkyl halides is 3. The van der Waals surface area contributed by atoms with Crippen LogP contribution in [0.1, 0.15) is 65.2 Å². The second kappa shape index (κ2) is 6.92. The molecular weight excluding hydrogens is 323 g/mol. The van der Waals surface area contributed by atoms with Gasteiger partial charge in [-0.2, -0.15) is 13.2 Å². The minimum atomic E-state index is -4.91. The third kappa shape index (κ3) is 3.54. The van der Waals surface area contributed by atoms with Crippen LogP contribution in [-0.4, -0.2) is 40.1 Å². The number of rotatable bonds is 4. The lowest BCUT2D eigenvalue weighted by Gasteiger charge is -2.40. The maximum atomic E-state index is 13.1. The molecule has 0 aromatic rings. The molecule has 4 nitrogen and oxygen atoms in total. The highest BCUT2D eigenvalue weighted by molar-refractivity contribution is 5.83. The molecule has 0 unspecified atom stereocenters. The summed E-state index contributed by atoms with van der Waals surface area (Å²) in [5.41, 5.74) is -1.04. The van der Waals surface area contributed by atoms with Gasteiger partial charge in [0, 0.05) is 12.1 Å². The van der Waals surface area contributed by atoms with Gasteiger partial charge in [-0.15, -0.1) is 0 Å². The molecule has 24 heavy (non-hydrogen) atoms. The summed E-state index contributed by atoms with van der Waals surface area (Å²) >= 11 is 0. The molecule has 2 rings (SSSR count). The topological polar surface area (TPSA) is 57.6 Å². The molecule has 2 atom stereocenters. The number of hydrogen-bond acceptors (Lipinski definition) is 2. The summed E-state index contributed by atoms with van der Waals surface area (Å²) in [4.78, 5) is 24.8. The van der Waals surface area contributed by atoms with Crippen molar-refractivity contribution in [2.24, 2.45) is 11.3 Å². The summed E-state index contributed by atoms with van der Waals surface area (Å²) in [5.74, 6) is -2.96. The number of carbonyl (C=O) groups is 2. The number of halogens is 3. The van der Waals surface area contributed by atoms with Gasteiger partial charge >= 0.3 is 18.1 Å². The average Bonchev–Trinajstić information content (AvgIpc) is 2.94. The highest BCUT2D eigenvalue weighted by atomic mass is 19.4. The minimum absolute atomic E-state index is 0.109. The summed E-state index contributed by atoms with van der Waals surface area (Å²) < 4.78 is 39.3. The Kier molecular flexibility index (Phi) is 5.50. The van der Waals surface area contributed by atoms with Gasteiger partial charge in [0.1, 0.15) is 0 Å². The molecule has 2 saturated carbocycles. The Labute approximate surface area is 140 Å². The highest BCUT2D eigenvalue weighted by Gasteiger charge is 2.54. The largest absolute Gasteiger partial charge is 0.481 e. The number of amides is 1. The van der Waals surface area contributed by atoms with Gasteiger partial charge in [0.05, 0.1) is 5.41 Å². The molecule has 2 aliphatic carbocycles. The van der Waals surface area contributed by atoms with E-state index in [-0.39, 0.29) is 12.3 Å². The van der Waals surface area contributed by atoms with Crippen LogP contribution in [0.2, 0.25) is 0 Å². The zero-order chi connectivity index (χ0) is 18.1. The van der Waals surface area contributed by atoms with E-state index in [2.05, 4.69) is 0 Å². The molecule has 7 heteroatoms. The van der Waals surface area contributed by atoms with Gasteiger partial charge in [0.2, 0.25) is 0 Å². The van der Waals surface area contributed by atoms with Crippen LogP contribution in [0, 0.1) is 11.3 Å². The highest BCUT2D eigenvalue weighted by Crippen LogP contribution is 2.47. The Balaban J connectivity index is 2.28. The van der Waals surface area contributed by atoms with Crippen LogP contribution in [0.3, 0.4) is 0 Å². The fourth-order valence-electron chi connectivity index (χ4n) is 4.39. The standard InChI is InChI=1S/C17H26F3NO3/c1-11(2)16(15(23)24)9-8-13(10-16)21(14(22)17(18,19)20)12-6-4-3-5-7-12/h11-13H,3-10H2,1-2H3,(H,23,24)/t13-,16+/m1/s1. The molecule has 0 aliphatic heterocycles. The molecule has 0 radical (unpaired) electrons. The number of carboxylic acid groups (broad SMARTS) is 1. The Morgan fingerprint density at radius 2 is 1.67 bits per heavy atom. The van der Waals surface area contributed by atoms with Crippen molar-refractivity contribution < 1.29 is 27.9 Å². The zero-order valence-electron chi connectivity index (χ0n) is 14.2. The molecule has 1 N–H and O–H groups in total. The second-order valence-corrected chi connectivity index (χ2v) is 7.51. The van der Waals surface area contributed by atoms with Crippen molar-refractivity contribution in [3.63, 3.8) is 0 Å². The van der Waals surface area contributed by atoms with Crippen LogP contribution in [0.5, 0.6) is 0 Å². The summed E-state index contributed by atoms with van der Waals surface area (Å²) in [6.07, 6.45) is -0.426. The lowest BCUT2D eigenvalue weighted by atomic mass is 9.75. The Hall–Kier alpha value is -1.27. The van der Waals surface area contributed by atoms with E-state index in [1.807, 2.05) is 0 Å². The fourth-order valence-corrected chi connectivity index (χ4v) is 4.39. The van der Waals surface area contributed by atoms with E-state index in [9.17, 15) is 27.9 Å². The Morgan fingerprint density at radius 1 is 1.08 bits per heavy atom. The van der Waals surface area contributed by atoms with Gasteiger partial charge in [0.25, 0.3) is 0 Å². The minimum Gasteiger partial charge on any atom is -0.481 e. The summed E-state index contributed by atoms with van der Waals surface area (Å²) in [5, 5.41) is 9.62. The van der Waals surface area contributed by atoms with Gasteiger partial charge in [-0.3, -0.25) is 9.59 Å². The van der Waals surface area contributed by atoms with E-state index in [0.717, 1.165) is 24.2 Å². The van der Waals surface area contributed by atoms with Gasteiger partial charge in [0.15, 0.2) is 0 Å². The number of hydrogen-bond donors (Lipinski definition) is 1. The van der Waals surface area contributed by atoms with E-state index < -0.39 is 35.6 Å². The van der Waals surface area contributed by atoms with Crippen molar-refractivity contribution >= 4 is 11.9 Å². The van der Waals surface area contributed by atoms with Crippen LogP contribution in [-0.2, 0) is 9.59 Å². The fraction of sp³-hybridized carbons (Fsp3) is 0.882. The normalized spacial score (nSPS) is 29.0. The van der Waals surface area contributed by atoms with E-state index in [1.165, 1.54) is 0 Å². The number of aliphatic carboxylic acids is 1. The van der Waals surface area contributed by atoms with E-state index in [1.54, 1.807) is 13.8 Å². The van der Waals surface area contributed by atoms with Crippen LogP contribution in [0.4, 0.5) is 13.2 Å².